The van der Waals surface area contributed by atoms with E-state index in [1.54, 1.807) is 23.1 Å². The van der Waals surface area contributed by atoms with Crippen LogP contribution in [0.1, 0.15) is 19.3 Å². The highest BCUT2D eigenvalue weighted by atomic mass is 35.5. The van der Waals surface area contributed by atoms with E-state index in [2.05, 4.69) is 4.99 Å². The van der Waals surface area contributed by atoms with E-state index in [9.17, 15) is 18.0 Å². The fourth-order valence-electron chi connectivity index (χ4n) is 3.07. The molecule has 0 unspecified atom stereocenters. The number of amidine groups is 1. The van der Waals surface area contributed by atoms with Gasteiger partial charge in [0.25, 0.3) is 0 Å². The molecule has 2 saturated heterocycles. The number of anilines is 1. The molecule has 2 fully saturated rings. The Kier molecular flexibility index (Phi) is 6.05. The molecule has 146 valence electrons. The average Bonchev–Trinajstić information content (AvgIpc) is 3.00. The van der Waals surface area contributed by atoms with Gasteiger partial charge in [-0.3, -0.25) is 9.59 Å². The van der Waals surface area contributed by atoms with Crippen molar-refractivity contribution in [3.8, 4) is 0 Å². The molecule has 11 heteroatoms. The van der Waals surface area contributed by atoms with Gasteiger partial charge in [-0.2, -0.15) is 4.99 Å². The zero-order chi connectivity index (χ0) is 19.8. The maximum Gasteiger partial charge on any atom is 0.303 e. The van der Waals surface area contributed by atoms with Gasteiger partial charge in [-0.1, -0.05) is 35.0 Å². The number of thioether (sulfide) groups is 1. The maximum atomic E-state index is 12.2. The van der Waals surface area contributed by atoms with E-state index >= 15 is 0 Å². The van der Waals surface area contributed by atoms with Gasteiger partial charge in [-0.15, -0.1) is 0 Å². The van der Waals surface area contributed by atoms with Gasteiger partial charge in [0.15, 0.2) is 15.0 Å². The molecule has 2 aliphatic heterocycles. The van der Waals surface area contributed by atoms with Gasteiger partial charge in [0.05, 0.1) is 28.3 Å². The lowest BCUT2D eigenvalue weighted by Crippen LogP contribution is -2.38. The highest BCUT2D eigenvalue weighted by Gasteiger charge is 2.49. The Morgan fingerprint density at radius 1 is 1.26 bits per heavy atom. The Bertz CT molecular complexity index is 919. The molecule has 0 bridgehead atoms. The summed E-state index contributed by atoms with van der Waals surface area (Å²) >= 11 is 13.6. The van der Waals surface area contributed by atoms with Crippen molar-refractivity contribution in [2.75, 3.05) is 16.4 Å². The molecule has 27 heavy (non-hydrogen) atoms. The molecule has 0 aliphatic carbocycles. The van der Waals surface area contributed by atoms with Gasteiger partial charge in [-0.05, 0) is 24.6 Å². The van der Waals surface area contributed by atoms with Gasteiger partial charge in [0, 0.05) is 23.1 Å². The molecule has 1 aromatic carbocycles. The summed E-state index contributed by atoms with van der Waals surface area (Å²) in [4.78, 5) is 28.5. The van der Waals surface area contributed by atoms with E-state index in [1.807, 2.05) is 0 Å². The van der Waals surface area contributed by atoms with Crippen LogP contribution >= 0.6 is 35.0 Å². The lowest BCUT2D eigenvalue weighted by atomic mass is 10.2. The Balaban J connectivity index is 1.91. The van der Waals surface area contributed by atoms with E-state index in [0.717, 1.165) is 0 Å². The van der Waals surface area contributed by atoms with Crippen LogP contribution in [0.25, 0.3) is 0 Å². The lowest BCUT2D eigenvalue weighted by Gasteiger charge is -2.25. The molecule has 0 aromatic heterocycles. The minimum absolute atomic E-state index is 0.00110. The largest absolute Gasteiger partial charge is 0.481 e. The van der Waals surface area contributed by atoms with E-state index in [1.165, 1.54) is 11.8 Å². The molecule has 0 saturated carbocycles. The number of hydrogen-bond donors (Lipinski definition) is 1. The number of halogens is 2. The van der Waals surface area contributed by atoms with Crippen LogP contribution in [0.2, 0.25) is 10.0 Å². The third-order valence-corrected chi connectivity index (χ3v) is 8.00. The molecule has 2 heterocycles. The zero-order valence-electron chi connectivity index (χ0n) is 14.0. The Morgan fingerprint density at radius 2 is 2.00 bits per heavy atom. The number of sulfone groups is 1. The van der Waals surface area contributed by atoms with E-state index in [4.69, 9.17) is 28.3 Å². The van der Waals surface area contributed by atoms with Gasteiger partial charge in [0.2, 0.25) is 5.91 Å². The fraction of sp³-hybridized carbons (Fsp3) is 0.438. The van der Waals surface area contributed by atoms with Gasteiger partial charge in [0.1, 0.15) is 0 Å². The monoisotopic (exact) mass is 450 g/mol. The molecule has 2 atom stereocenters. The van der Waals surface area contributed by atoms with Crippen LogP contribution in [0.4, 0.5) is 5.69 Å². The quantitative estimate of drug-likeness (QED) is 0.734. The smallest absolute Gasteiger partial charge is 0.303 e. The normalized spacial score (nSPS) is 25.0. The van der Waals surface area contributed by atoms with Crippen molar-refractivity contribution in [2.45, 2.75) is 30.6 Å². The molecule has 1 amide bonds. The van der Waals surface area contributed by atoms with Crippen molar-refractivity contribution >= 4 is 67.5 Å². The number of aliphatic imine (C=N–C) groups is 1. The minimum atomic E-state index is -3.19. The predicted octanol–water partition coefficient (Wildman–Crippen LogP) is 2.85. The fourth-order valence-corrected chi connectivity index (χ4v) is 7.37. The molecule has 7 nitrogen and oxygen atoms in total. The lowest BCUT2D eigenvalue weighted by molar-refractivity contribution is -0.137. The molecule has 1 N–H and O–H groups in total. The Morgan fingerprint density at radius 3 is 2.70 bits per heavy atom. The van der Waals surface area contributed by atoms with Crippen molar-refractivity contribution < 1.29 is 23.1 Å². The number of amides is 1. The summed E-state index contributed by atoms with van der Waals surface area (Å²) in [5.74, 6) is -1.48. The Hall–Kier alpha value is -1.29. The molecule has 0 radical (unpaired) electrons. The third-order valence-electron chi connectivity index (χ3n) is 4.24. The average molecular weight is 451 g/mol. The number of nitrogens with zero attached hydrogens (tertiary/aromatic N) is 2. The Labute approximate surface area is 170 Å². The first kappa shape index (κ1) is 20.4. The predicted molar refractivity (Wildman–Crippen MR) is 107 cm³/mol. The van der Waals surface area contributed by atoms with Crippen molar-refractivity contribution in [3.63, 3.8) is 0 Å². The van der Waals surface area contributed by atoms with Crippen LogP contribution in [0, 0.1) is 0 Å². The first-order valence-electron chi connectivity index (χ1n) is 8.11. The van der Waals surface area contributed by atoms with Crippen molar-refractivity contribution in [2.24, 2.45) is 4.99 Å². The summed E-state index contributed by atoms with van der Waals surface area (Å²) in [5.41, 5.74) is 0.498. The van der Waals surface area contributed by atoms with E-state index in [0.29, 0.717) is 20.9 Å². The SMILES string of the molecule is O=C(O)CCCC(=O)N=C1S[C@H]2CS(=O)(=O)C[C@@H]2N1c1cc(Cl)ccc1Cl. The second kappa shape index (κ2) is 7.98. The van der Waals surface area contributed by atoms with Crippen LogP contribution in [0.15, 0.2) is 23.2 Å². The summed E-state index contributed by atoms with van der Waals surface area (Å²) in [6.07, 6.45) is 0.0763. The number of fused-ring (bicyclic) bond motifs is 1. The minimum Gasteiger partial charge on any atom is -0.481 e. The zero-order valence-corrected chi connectivity index (χ0v) is 17.1. The van der Waals surface area contributed by atoms with Gasteiger partial charge in [-0.25, -0.2) is 8.42 Å². The van der Waals surface area contributed by atoms with Crippen molar-refractivity contribution in [3.05, 3.63) is 28.2 Å². The second-order valence-electron chi connectivity index (χ2n) is 6.30. The topological polar surface area (TPSA) is 104 Å². The first-order chi connectivity index (χ1) is 12.7. The highest BCUT2D eigenvalue weighted by molar-refractivity contribution is 8.16. The maximum absolute atomic E-state index is 12.2. The van der Waals surface area contributed by atoms with Gasteiger partial charge < -0.3 is 10.0 Å². The summed E-state index contributed by atoms with van der Waals surface area (Å²) < 4.78 is 24.1. The number of benzene rings is 1. The molecule has 0 spiro atoms. The molecule has 3 rings (SSSR count). The molecule has 1 aromatic rings. The van der Waals surface area contributed by atoms with E-state index < -0.39 is 21.7 Å². The summed E-state index contributed by atoms with van der Waals surface area (Å²) in [6, 6.07) is 4.45. The summed E-state index contributed by atoms with van der Waals surface area (Å²) in [7, 11) is -3.19. The summed E-state index contributed by atoms with van der Waals surface area (Å²) in [5, 5.41) is 9.58. The third kappa shape index (κ3) is 4.77. The number of rotatable bonds is 5. The first-order valence-corrected chi connectivity index (χ1v) is 11.6. The number of aliphatic carboxylic acids is 1. The van der Waals surface area contributed by atoms with Crippen LogP contribution in [-0.4, -0.2) is 53.4 Å². The van der Waals surface area contributed by atoms with Crippen LogP contribution in [-0.2, 0) is 19.4 Å². The number of carbonyl (C=O) groups is 2. The molecule has 2 aliphatic rings. The standard InChI is InChI=1S/C16H16Cl2N2O5S2/c17-9-4-5-10(18)11(6-9)20-12-7-27(24,25)8-13(12)26-16(20)19-14(21)2-1-3-15(22)23/h4-6,12-13H,1-3,7-8H2,(H,22,23)/t12-,13-/m0/s1. The van der Waals surface area contributed by atoms with Crippen LogP contribution in [0.5, 0.6) is 0 Å². The molecular formula is C16H16Cl2N2O5S2. The van der Waals surface area contributed by atoms with Crippen molar-refractivity contribution in [1.82, 2.24) is 0 Å². The number of carboxylic acid groups (broad SMARTS) is 1. The van der Waals surface area contributed by atoms with E-state index in [-0.39, 0.29) is 42.1 Å². The van der Waals surface area contributed by atoms with Crippen LogP contribution < -0.4 is 4.90 Å². The molecular weight excluding hydrogens is 435 g/mol. The van der Waals surface area contributed by atoms with Crippen molar-refractivity contribution in [1.29, 1.82) is 0 Å². The summed E-state index contributed by atoms with van der Waals surface area (Å²) in [6.45, 7) is 0. The van der Waals surface area contributed by atoms with Gasteiger partial charge >= 0.3 is 5.97 Å². The van der Waals surface area contributed by atoms with Crippen LogP contribution in [0.3, 0.4) is 0 Å². The number of hydrogen-bond acceptors (Lipinski definition) is 5. The number of carboxylic acids is 1. The highest BCUT2D eigenvalue weighted by Crippen LogP contribution is 2.43. The second-order valence-corrected chi connectivity index (χ2v) is 10.5. The number of carbonyl (C=O) groups excluding carboxylic acids is 1.